The van der Waals surface area contributed by atoms with Crippen LogP contribution in [-0.4, -0.2) is 60.1 Å². The fraction of sp³-hybridized carbons (Fsp3) is 0.474. The van der Waals surface area contributed by atoms with Crippen molar-refractivity contribution in [3.8, 4) is 0 Å². The number of carbonyl (C=O) groups is 2. The number of amides is 1. The number of nitrogens with zero attached hydrogens (tertiary/aromatic N) is 3. The van der Waals surface area contributed by atoms with Gasteiger partial charge in [-0.25, -0.2) is 0 Å². The first-order chi connectivity index (χ1) is 13.5. The summed E-state index contributed by atoms with van der Waals surface area (Å²) in [4.78, 5) is 24.4. The number of rotatable bonds is 10. The van der Waals surface area contributed by atoms with E-state index in [2.05, 4.69) is 58.0 Å². The molecular formula is C19H28N5O3S+. The van der Waals surface area contributed by atoms with Gasteiger partial charge in [0.25, 0.3) is 0 Å². The first kappa shape index (κ1) is 21.9. The minimum absolute atomic E-state index is 0.139. The second-order valence-electron chi connectivity index (χ2n) is 6.59. The van der Waals surface area contributed by atoms with Crippen molar-refractivity contribution in [2.45, 2.75) is 31.1 Å². The maximum Gasteiger partial charge on any atom is 0.325 e. The van der Waals surface area contributed by atoms with E-state index in [1.165, 1.54) is 23.8 Å². The van der Waals surface area contributed by atoms with Crippen LogP contribution in [0.3, 0.4) is 0 Å². The maximum absolute atomic E-state index is 12.0. The van der Waals surface area contributed by atoms with E-state index in [1.807, 2.05) is 18.2 Å². The van der Waals surface area contributed by atoms with Crippen molar-refractivity contribution in [1.29, 1.82) is 0 Å². The molecule has 28 heavy (non-hydrogen) atoms. The lowest BCUT2D eigenvalue weighted by atomic mass is 10.2. The molecule has 2 aromatic rings. The van der Waals surface area contributed by atoms with Crippen molar-refractivity contribution in [3.63, 3.8) is 0 Å². The van der Waals surface area contributed by atoms with Crippen molar-refractivity contribution < 1.29 is 19.2 Å². The molecule has 0 fully saturated rings. The van der Waals surface area contributed by atoms with Crippen LogP contribution in [0.5, 0.6) is 0 Å². The summed E-state index contributed by atoms with van der Waals surface area (Å²) in [5, 5.41) is 12.0. The van der Waals surface area contributed by atoms with Gasteiger partial charge in [-0.2, -0.15) is 0 Å². The van der Waals surface area contributed by atoms with Crippen LogP contribution in [0.2, 0.25) is 0 Å². The Labute approximate surface area is 169 Å². The molecule has 1 aromatic carbocycles. The molecule has 0 aliphatic carbocycles. The molecule has 1 amide bonds. The molecule has 0 radical (unpaired) electrons. The zero-order chi connectivity index (χ0) is 20.5. The first-order valence-corrected chi connectivity index (χ1v) is 10.2. The Kier molecular flexibility index (Phi) is 8.46. The van der Waals surface area contributed by atoms with Gasteiger partial charge >= 0.3 is 5.97 Å². The number of quaternary nitrogens is 1. The van der Waals surface area contributed by atoms with Gasteiger partial charge in [-0.3, -0.25) is 14.2 Å². The number of hydrogen-bond acceptors (Lipinski definition) is 6. The van der Waals surface area contributed by atoms with E-state index >= 15 is 0 Å². The number of benzene rings is 1. The summed E-state index contributed by atoms with van der Waals surface area (Å²) in [6.07, 6.45) is 0.930. The zero-order valence-electron chi connectivity index (χ0n) is 16.8. The number of methoxy groups -OCH3 is 1. The average molecular weight is 407 g/mol. The molecule has 1 heterocycles. The Bertz CT molecular complexity index is 779. The number of esters is 1. The fourth-order valence-electron chi connectivity index (χ4n) is 2.85. The summed E-state index contributed by atoms with van der Waals surface area (Å²) in [6, 6.07) is 10.3. The summed E-state index contributed by atoms with van der Waals surface area (Å²) in [5.74, 6) is 0.322. The highest BCUT2D eigenvalue weighted by molar-refractivity contribution is 7.99. The SMILES string of the molecule is CC[C@@H](c1nnc(SCC(=O)NCC(=O)OC)n1Cc1ccccc1)[NH+](C)C. The molecule has 2 rings (SSSR count). The van der Waals surface area contributed by atoms with E-state index in [0.717, 1.165) is 17.8 Å². The molecule has 152 valence electrons. The molecule has 1 aromatic heterocycles. The van der Waals surface area contributed by atoms with Crippen LogP contribution in [-0.2, 0) is 20.9 Å². The van der Waals surface area contributed by atoms with Gasteiger partial charge in [0.1, 0.15) is 12.6 Å². The predicted molar refractivity (Wildman–Crippen MR) is 107 cm³/mol. The lowest BCUT2D eigenvalue weighted by molar-refractivity contribution is -0.893. The molecule has 2 N–H and O–H groups in total. The van der Waals surface area contributed by atoms with Crippen LogP contribution in [0.4, 0.5) is 0 Å². The van der Waals surface area contributed by atoms with Crippen LogP contribution in [0.15, 0.2) is 35.5 Å². The van der Waals surface area contributed by atoms with Crippen molar-refractivity contribution in [1.82, 2.24) is 20.1 Å². The highest BCUT2D eigenvalue weighted by atomic mass is 32.2. The minimum atomic E-state index is -0.479. The highest BCUT2D eigenvalue weighted by Gasteiger charge is 2.25. The molecule has 0 bridgehead atoms. The second kappa shape index (κ2) is 10.8. The van der Waals surface area contributed by atoms with Crippen molar-refractivity contribution in [2.75, 3.05) is 33.5 Å². The molecule has 0 aliphatic rings. The summed E-state index contributed by atoms with van der Waals surface area (Å²) in [6.45, 7) is 2.63. The van der Waals surface area contributed by atoms with Gasteiger partial charge in [-0.1, -0.05) is 49.0 Å². The van der Waals surface area contributed by atoms with Crippen LogP contribution in [0.1, 0.15) is 30.8 Å². The number of ether oxygens (including phenoxy) is 1. The maximum atomic E-state index is 12.0. The van der Waals surface area contributed by atoms with Gasteiger partial charge in [0.05, 0.1) is 33.5 Å². The molecule has 1 atom stereocenters. The molecule has 0 unspecified atom stereocenters. The van der Waals surface area contributed by atoms with E-state index in [4.69, 9.17) is 0 Å². The van der Waals surface area contributed by atoms with Crippen molar-refractivity contribution >= 4 is 23.6 Å². The number of carbonyl (C=O) groups excluding carboxylic acids is 2. The van der Waals surface area contributed by atoms with Gasteiger partial charge in [-0.05, 0) is 5.56 Å². The second-order valence-corrected chi connectivity index (χ2v) is 7.53. The fourth-order valence-corrected chi connectivity index (χ4v) is 3.63. The third kappa shape index (κ3) is 6.07. The number of hydrogen-bond donors (Lipinski definition) is 2. The number of thioether (sulfide) groups is 1. The standard InChI is InChI=1S/C19H27N5O3S/c1-5-15(23(2)3)18-21-22-19(24(18)12-14-9-7-6-8-10-14)28-13-16(25)20-11-17(26)27-4/h6-10,15H,5,11-13H2,1-4H3,(H,20,25)/p+1/t15-/m0/s1. The van der Waals surface area contributed by atoms with Gasteiger partial charge in [0.2, 0.25) is 5.91 Å². The Hall–Kier alpha value is -2.39. The van der Waals surface area contributed by atoms with Crippen LogP contribution < -0.4 is 10.2 Å². The Morgan fingerprint density at radius 2 is 1.96 bits per heavy atom. The van der Waals surface area contributed by atoms with Gasteiger partial charge < -0.3 is 15.0 Å². The van der Waals surface area contributed by atoms with Crippen molar-refractivity contribution in [2.24, 2.45) is 0 Å². The highest BCUT2D eigenvalue weighted by Crippen LogP contribution is 2.22. The molecule has 0 saturated carbocycles. The largest absolute Gasteiger partial charge is 0.468 e. The van der Waals surface area contributed by atoms with Crippen molar-refractivity contribution in [3.05, 3.63) is 41.7 Å². The Morgan fingerprint density at radius 3 is 2.57 bits per heavy atom. The van der Waals surface area contributed by atoms with E-state index in [9.17, 15) is 9.59 Å². The van der Waals surface area contributed by atoms with Gasteiger partial charge in [0, 0.05) is 6.42 Å². The predicted octanol–water partition coefficient (Wildman–Crippen LogP) is 0.303. The first-order valence-electron chi connectivity index (χ1n) is 9.19. The third-order valence-corrected chi connectivity index (χ3v) is 5.30. The molecule has 0 spiro atoms. The van der Waals surface area contributed by atoms with E-state index in [-0.39, 0.29) is 24.2 Å². The third-order valence-electron chi connectivity index (χ3n) is 4.34. The smallest absolute Gasteiger partial charge is 0.325 e. The lowest BCUT2D eigenvalue weighted by Gasteiger charge is -2.20. The topological polar surface area (TPSA) is 90.6 Å². The monoisotopic (exact) mass is 406 g/mol. The van der Waals surface area contributed by atoms with Crippen LogP contribution in [0, 0.1) is 0 Å². The quantitative estimate of drug-likeness (QED) is 0.436. The van der Waals surface area contributed by atoms with E-state index < -0.39 is 5.97 Å². The summed E-state index contributed by atoms with van der Waals surface area (Å²) in [5.41, 5.74) is 1.14. The molecule has 0 aliphatic heterocycles. The van der Waals surface area contributed by atoms with Gasteiger partial charge in [-0.15, -0.1) is 10.2 Å². The normalized spacial score (nSPS) is 12.0. The zero-order valence-corrected chi connectivity index (χ0v) is 17.6. The van der Waals surface area contributed by atoms with Crippen LogP contribution in [0.25, 0.3) is 0 Å². The van der Waals surface area contributed by atoms with Gasteiger partial charge in [0.15, 0.2) is 11.0 Å². The molecule has 8 nitrogen and oxygen atoms in total. The summed E-state index contributed by atoms with van der Waals surface area (Å²) in [7, 11) is 5.49. The van der Waals surface area contributed by atoms with E-state index in [0.29, 0.717) is 11.7 Å². The lowest BCUT2D eigenvalue weighted by Crippen LogP contribution is -3.06. The minimum Gasteiger partial charge on any atom is -0.468 e. The molecule has 0 saturated heterocycles. The average Bonchev–Trinajstić information content (AvgIpc) is 3.07. The Balaban J connectivity index is 2.17. The Morgan fingerprint density at radius 1 is 1.25 bits per heavy atom. The van der Waals surface area contributed by atoms with Crippen LogP contribution >= 0.6 is 11.8 Å². The summed E-state index contributed by atoms with van der Waals surface area (Å²) >= 11 is 1.31. The summed E-state index contributed by atoms with van der Waals surface area (Å²) < 4.78 is 6.60. The number of nitrogens with one attached hydrogen (secondary N) is 2. The molecule has 9 heteroatoms. The van der Waals surface area contributed by atoms with E-state index in [1.54, 1.807) is 0 Å². The number of aromatic nitrogens is 3. The molecular weight excluding hydrogens is 378 g/mol.